The lowest BCUT2D eigenvalue weighted by atomic mass is 9.68. The Kier molecular flexibility index (Phi) is 5.97. The molecule has 1 aromatic rings. The van der Waals surface area contributed by atoms with E-state index in [0.29, 0.717) is 32.7 Å². The van der Waals surface area contributed by atoms with Gasteiger partial charge in [-0.15, -0.1) is 0 Å². The number of ether oxygens (including phenoxy) is 1. The molecule has 1 aliphatic carbocycles. The van der Waals surface area contributed by atoms with E-state index in [1.807, 2.05) is 28.0 Å². The first-order chi connectivity index (χ1) is 12.6. The fourth-order valence-corrected chi connectivity index (χ4v) is 4.19. The van der Waals surface area contributed by atoms with Crippen LogP contribution in [-0.4, -0.2) is 54.5 Å². The van der Waals surface area contributed by atoms with Gasteiger partial charge in [-0.3, -0.25) is 9.59 Å². The Morgan fingerprint density at radius 1 is 1.27 bits per heavy atom. The molecule has 1 heterocycles. The molecule has 142 valence electrons. The van der Waals surface area contributed by atoms with Crippen molar-refractivity contribution in [3.63, 3.8) is 0 Å². The molecule has 2 fully saturated rings. The lowest BCUT2D eigenvalue weighted by Gasteiger charge is -2.43. The topological polar surface area (TPSA) is 49.9 Å². The van der Waals surface area contributed by atoms with E-state index in [-0.39, 0.29) is 23.3 Å². The highest BCUT2D eigenvalue weighted by atomic mass is 16.5. The second kappa shape index (κ2) is 8.21. The Balaban J connectivity index is 1.75. The van der Waals surface area contributed by atoms with E-state index < -0.39 is 0 Å². The molecule has 2 amide bonds. The van der Waals surface area contributed by atoms with Crippen LogP contribution >= 0.6 is 0 Å². The molecular formula is C21H30N2O3. The zero-order valence-electron chi connectivity index (χ0n) is 15.9. The maximum atomic E-state index is 13.2. The van der Waals surface area contributed by atoms with Gasteiger partial charge < -0.3 is 14.5 Å². The monoisotopic (exact) mass is 358 g/mol. The van der Waals surface area contributed by atoms with Gasteiger partial charge >= 0.3 is 0 Å². The predicted molar refractivity (Wildman–Crippen MR) is 100 cm³/mol. The summed E-state index contributed by atoms with van der Waals surface area (Å²) >= 11 is 0. The first-order valence-electron chi connectivity index (χ1n) is 9.71. The number of carbonyl (C=O) groups excluding carboxylic acids is 2. The Morgan fingerprint density at radius 3 is 2.58 bits per heavy atom. The van der Waals surface area contributed by atoms with E-state index in [9.17, 15) is 9.59 Å². The van der Waals surface area contributed by atoms with E-state index in [0.717, 1.165) is 31.2 Å². The van der Waals surface area contributed by atoms with Crippen molar-refractivity contribution in [2.75, 3.05) is 26.8 Å². The zero-order valence-corrected chi connectivity index (χ0v) is 15.9. The van der Waals surface area contributed by atoms with E-state index in [2.05, 4.69) is 19.1 Å². The van der Waals surface area contributed by atoms with Crippen molar-refractivity contribution in [3.8, 4) is 0 Å². The Hall–Kier alpha value is -1.88. The Morgan fingerprint density at radius 2 is 2.00 bits per heavy atom. The van der Waals surface area contributed by atoms with Crippen LogP contribution in [0.25, 0.3) is 0 Å². The molecule has 0 radical (unpaired) electrons. The van der Waals surface area contributed by atoms with Gasteiger partial charge in [0.2, 0.25) is 11.8 Å². The van der Waals surface area contributed by atoms with Crippen LogP contribution in [-0.2, 0) is 20.9 Å². The van der Waals surface area contributed by atoms with Crippen molar-refractivity contribution >= 4 is 11.8 Å². The molecular weight excluding hydrogens is 328 g/mol. The Bertz CT molecular complexity index is 627. The summed E-state index contributed by atoms with van der Waals surface area (Å²) in [5.74, 6) is 0.323. The maximum Gasteiger partial charge on any atom is 0.231 e. The zero-order chi connectivity index (χ0) is 18.6. The molecule has 0 unspecified atom stereocenters. The van der Waals surface area contributed by atoms with Gasteiger partial charge in [-0.25, -0.2) is 0 Å². The predicted octanol–water partition coefficient (Wildman–Crippen LogP) is 2.84. The van der Waals surface area contributed by atoms with Crippen molar-refractivity contribution < 1.29 is 14.3 Å². The summed E-state index contributed by atoms with van der Waals surface area (Å²) in [6, 6.07) is 10.2. The summed E-state index contributed by atoms with van der Waals surface area (Å²) in [5.41, 5.74) is 0.777. The molecule has 0 N–H and O–H groups in total. The van der Waals surface area contributed by atoms with Crippen LogP contribution in [0.5, 0.6) is 0 Å². The molecule has 5 nitrogen and oxygen atoms in total. The van der Waals surface area contributed by atoms with Crippen molar-refractivity contribution in [3.05, 3.63) is 35.9 Å². The Labute approximate surface area is 156 Å². The second-order valence-corrected chi connectivity index (χ2v) is 7.64. The minimum absolute atomic E-state index is 0.0637. The van der Waals surface area contributed by atoms with Gasteiger partial charge in [-0.1, -0.05) is 43.7 Å². The minimum atomic E-state index is -0.356. The quantitative estimate of drug-likeness (QED) is 0.786. The first kappa shape index (κ1) is 18.9. The summed E-state index contributed by atoms with van der Waals surface area (Å²) in [7, 11) is 1.66. The van der Waals surface area contributed by atoms with Crippen LogP contribution in [0.2, 0.25) is 0 Å². The van der Waals surface area contributed by atoms with Gasteiger partial charge in [-0.2, -0.15) is 0 Å². The fraction of sp³-hybridized carbons (Fsp3) is 0.619. The van der Waals surface area contributed by atoms with Crippen LogP contribution < -0.4 is 0 Å². The lowest BCUT2D eigenvalue weighted by Crippen LogP contribution is -2.52. The van der Waals surface area contributed by atoms with Crippen LogP contribution in [0, 0.1) is 5.41 Å². The smallest absolute Gasteiger partial charge is 0.231 e. The third kappa shape index (κ3) is 3.78. The molecule has 0 bridgehead atoms. The number of hydrogen-bond acceptors (Lipinski definition) is 3. The van der Waals surface area contributed by atoms with Crippen LogP contribution in [0.1, 0.15) is 44.6 Å². The van der Waals surface area contributed by atoms with E-state index in [4.69, 9.17) is 4.74 Å². The van der Waals surface area contributed by atoms with Crippen molar-refractivity contribution in [1.29, 1.82) is 0 Å². The summed E-state index contributed by atoms with van der Waals surface area (Å²) in [4.78, 5) is 29.9. The average Bonchev–Trinajstić information content (AvgIpc) is 2.78. The third-order valence-corrected chi connectivity index (χ3v) is 5.93. The number of benzene rings is 1. The highest BCUT2D eigenvalue weighted by Crippen LogP contribution is 2.43. The molecule has 2 aliphatic rings. The van der Waals surface area contributed by atoms with E-state index in [1.165, 1.54) is 0 Å². The van der Waals surface area contributed by atoms with Gasteiger partial charge in [0.1, 0.15) is 0 Å². The van der Waals surface area contributed by atoms with Gasteiger partial charge in [0.05, 0.1) is 12.0 Å². The first-order valence-corrected chi connectivity index (χ1v) is 9.71. The molecule has 1 aliphatic heterocycles. The van der Waals surface area contributed by atoms with Gasteiger partial charge in [0, 0.05) is 39.2 Å². The number of nitrogens with zero attached hydrogens (tertiary/aromatic N) is 2. The van der Waals surface area contributed by atoms with Crippen molar-refractivity contribution in [2.24, 2.45) is 5.41 Å². The number of amides is 2. The van der Waals surface area contributed by atoms with Crippen LogP contribution in [0.4, 0.5) is 0 Å². The summed E-state index contributed by atoms with van der Waals surface area (Å²) in [6.07, 6.45) is 4.13. The van der Waals surface area contributed by atoms with E-state index >= 15 is 0 Å². The van der Waals surface area contributed by atoms with Gasteiger partial charge in [0.15, 0.2) is 0 Å². The largest absolute Gasteiger partial charge is 0.384 e. The molecule has 1 aromatic carbocycles. The lowest BCUT2D eigenvalue weighted by molar-refractivity contribution is -0.152. The SMILES string of the molecule is CC[C@@H]1CN(C(=O)C2(COC)CCC2)CCC(=O)N1Cc1ccccc1. The summed E-state index contributed by atoms with van der Waals surface area (Å²) in [6.45, 7) is 4.34. The standard InChI is InChI=1S/C21H30N2O3/c1-3-18-15-22(20(25)21(16-26-2)11-7-12-21)13-10-19(24)23(18)14-17-8-5-4-6-9-17/h4-6,8-9,18H,3,7,10-16H2,1-2H3/t18-/m1/s1. The fourth-order valence-electron chi connectivity index (χ4n) is 4.19. The molecule has 1 saturated carbocycles. The number of methoxy groups -OCH3 is 1. The van der Waals surface area contributed by atoms with Gasteiger partial charge in [-0.05, 0) is 24.8 Å². The number of rotatable bonds is 6. The summed E-state index contributed by atoms with van der Waals surface area (Å²) in [5, 5.41) is 0. The number of carbonyl (C=O) groups is 2. The molecule has 3 rings (SSSR count). The highest BCUT2D eigenvalue weighted by molar-refractivity contribution is 5.85. The molecule has 1 atom stereocenters. The normalized spacial score (nSPS) is 22.7. The van der Waals surface area contributed by atoms with Crippen molar-refractivity contribution in [2.45, 2.75) is 51.6 Å². The van der Waals surface area contributed by atoms with Crippen LogP contribution in [0.15, 0.2) is 30.3 Å². The molecule has 0 aromatic heterocycles. The van der Waals surface area contributed by atoms with Crippen LogP contribution in [0.3, 0.4) is 0 Å². The highest BCUT2D eigenvalue weighted by Gasteiger charge is 2.47. The number of hydrogen-bond donors (Lipinski definition) is 0. The molecule has 5 heteroatoms. The minimum Gasteiger partial charge on any atom is -0.384 e. The van der Waals surface area contributed by atoms with Crippen molar-refractivity contribution in [1.82, 2.24) is 9.80 Å². The second-order valence-electron chi connectivity index (χ2n) is 7.64. The van der Waals surface area contributed by atoms with E-state index in [1.54, 1.807) is 7.11 Å². The summed E-state index contributed by atoms with van der Waals surface area (Å²) < 4.78 is 5.34. The maximum absolute atomic E-state index is 13.2. The third-order valence-electron chi connectivity index (χ3n) is 5.93. The van der Waals surface area contributed by atoms with Gasteiger partial charge in [0.25, 0.3) is 0 Å². The molecule has 26 heavy (non-hydrogen) atoms. The average molecular weight is 358 g/mol. The molecule has 1 saturated heterocycles. The molecule has 0 spiro atoms.